The molecule has 4 aromatic carbocycles. The fourth-order valence-corrected chi connectivity index (χ4v) is 4.06. The van der Waals surface area contributed by atoms with Gasteiger partial charge in [-0.15, -0.1) is 0 Å². The van der Waals surface area contributed by atoms with Gasteiger partial charge < -0.3 is 15.0 Å². The summed E-state index contributed by atoms with van der Waals surface area (Å²) in [6.45, 7) is 7.42. The number of nitrogens with one attached hydrogen (secondary N) is 1. The number of benzene rings is 4. The first-order valence-electron chi connectivity index (χ1n) is 12.4. The van der Waals surface area contributed by atoms with Gasteiger partial charge in [-0.05, 0) is 73.2 Å². The van der Waals surface area contributed by atoms with Gasteiger partial charge in [0.25, 0.3) is 11.8 Å². The highest BCUT2D eigenvalue weighted by Gasteiger charge is 2.18. The van der Waals surface area contributed by atoms with E-state index in [0.717, 1.165) is 22.9 Å². The largest absolute Gasteiger partial charge is 0.494 e. The third-order valence-electron chi connectivity index (χ3n) is 6.07. The van der Waals surface area contributed by atoms with Crippen LogP contribution in [0.5, 0.6) is 5.75 Å². The van der Waals surface area contributed by atoms with Crippen LogP contribution in [0.4, 0.5) is 11.4 Å². The number of rotatable bonds is 9. The van der Waals surface area contributed by atoms with Gasteiger partial charge in [-0.2, -0.15) is 0 Å². The van der Waals surface area contributed by atoms with Crippen molar-refractivity contribution >= 4 is 34.0 Å². The summed E-state index contributed by atoms with van der Waals surface area (Å²) in [4.78, 5) is 27.9. The van der Waals surface area contributed by atoms with E-state index >= 15 is 0 Å². The number of ether oxygens (including phenoxy) is 1. The molecule has 0 spiro atoms. The van der Waals surface area contributed by atoms with E-state index < -0.39 is 0 Å². The van der Waals surface area contributed by atoms with Crippen LogP contribution in [-0.2, 0) is 0 Å². The minimum Gasteiger partial charge on any atom is -0.494 e. The van der Waals surface area contributed by atoms with E-state index in [2.05, 4.69) is 19.2 Å². The zero-order valence-corrected chi connectivity index (χ0v) is 21.0. The monoisotopic (exact) mass is 480 g/mol. The van der Waals surface area contributed by atoms with Crippen LogP contribution in [0.2, 0.25) is 0 Å². The summed E-state index contributed by atoms with van der Waals surface area (Å²) < 4.78 is 5.77. The highest BCUT2D eigenvalue weighted by molar-refractivity contribution is 6.11. The number of carbonyl (C=O) groups is 2. The molecule has 0 bridgehead atoms. The molecule has 5 heteroatoms. The van der Waals surface area contributed by atoms with Crippen LogP contribution in [0, 0.1) is 5.92 Å². The fourth-order valence-electron chi connectivity index (χ4n) is 4.06. The van der Waals surface area contributed by atoms with Crippen molar-refractivity contribution in [3.05, 3.63) is 102 Å². The molecule has 0 aliphatic heterocycles. The first-order chi connectivity index (χ1) is 17.5. The van der Waals surface area contributed by atoms with Crippen LogP contribution in [0.25, 0.3) is 10.8 Å². The van der Waals surface area contributed by atoms with Gasteiger partial charge in [0.05, 0.1) is 12.3 Å². The van der Waals surface area contributed by atoms with Gasteiger partial charge in [0.15, 0.2) is 0 Å². The number of hydrogen-bond donors (Lipinski definition) is 1. The molecule has 0 radical (unpaired) electrons. The van der Waals surface area contributed by atoms with Crippen molar-refractivity contribution in [2.75, 3.05) is 23.4 Å². The summed E-state index contributed by atoms with van der Waals surface area (Å²) in [5.41, 5.74) is 2.58. The summed E-state index contributed by atoms with van der Waals surface area (Å²) in [6, 6.07) is 28.2. The van der Waals surface area contributed by atoms with E-state index in [4.69, 9.17) is 4.74 Å². The number of anilines is 2. The molecule has 0 aromatic heterocycles. The van der Waals surface area contributed by atoms with Crippen molar-refractivity contribution in [3.63, 3.8) is 0 Å². The van der Waals surface area contributed by atoms with Gasteiger partial charge in [0.2, 0.25) is 0 Å². The van der Waals surface area contributed by atoms with Crippen LogP contribution in [0.1, 0.15) is 47.9 Å². The number of hydrogen-bond acceptors (Lipinski definition) is 3. The van der Waals surface area contributed by atoms with Crippen molar-refractivity contribution in [2.45, 2.75) is 27.2 Å². The van der Waals surface area contributed by atoms with Crippen LogP contribution in [-0.4, -0.2) is 25.0 Å². The second-order valence-corrected chi connectivity index (χ2v) is 9.14. The van der Waals surface area contributed by atoms with E-state index in [9.17, 15) is 9.59 Å². The lowest BCUT2D eigenvalue weighted by molar-refractivity contribution is 0.0987. The van der Waals surface area contributed by atoms with E-state index in [1.165, 1.54) is 0 Å². The number of amides is 2. The van der Waals surface area contributed by atoms with Crippen LogP contribution in [0.3, 0.4) is 0 Å². The highest BCUT2D eigenvalue weighted by Crippen LogP contribution is 2.28. The zero-order valence-electron chi connectivity index (χ0n) is 21.0. The lowest BCUT2D eigenvalue weighted by atomic mass is 10.1. The molecule has 0 atom stereocenters. The minimum atomic E-state index is -0.227. The maximum absolute atomic E-state index is 13.4. The molecular weight excluding hydrogens is 448 g/mol. The third-order valence-corrected chi connectivity index (χ3v) is 6.07. The van der Waals surface area contributed by atoms with Gasteiger partial charge in [0, 0.05) is 28.7 Å². The molecule has 0 unspecified atom stereocenters. The fraction of sp³-hybridized carbons (Fsp3) is 0.226. The standard InChI is InChI=1S/C31H32N2O3/c1-4-33(29-14-8-10-23-9-5-6-13-28(23)29)31(35)24-15-17-26(18-16-24)32-30(34)25-11-7-12-27(21-25)36-20-19-22(2)3/h5-18,21-22H,4,19-20H2,1-3H3,(H,32,34). The third kappa shape index (κ3) is 5.92. The quantitative estimate of drug-likeness (QED) is 0.276. The highest BCUT2D eigenvalue weighted by atomic mass is 16.5. The molecule has 0 aliphatic carbocycles. The molecule has 0 aliphatic rings. The van der Waals surface area contributed by atoms with E-state index in [1.54, 1.807) is 41.3 Å². The van der Waals surface area contributed by atoms with Gasteiger partial charge >= 0.3 is 0 Å². The molecule has 0 heterocycles. The topological polar surface area (TPSA) is 58.6 Å². The SMILES string of the molecule is CCN(C(=O)c1ccc(NC(=O)c2cccc(OCCC(C)C)c2)cc1)c1cccc2ccccc12. The van der Waals surface area contributed by atoms with Gasteiger partial charge in [-0.25, -0.2) is 0 Å². The molecule has 2 amide bonds. The summed E-state index contributed by atoms with van der Waals surface area (Å²) in [6.07, 6.45) is 0.956. The van der Waals surface area contributed by atoms with Crippen molar-refractivity contribution in [3.8, 4) is 5.75 Å². The predicted molar refractivity (Wildman–Crippen MR) is 147 cm³/mol. The zero-order chi connectivity index (χ0) is 25.5. The molecule has 0 saturated carbocycles. The summed E-state index contributed by atoms with van der Waals surface area (Å²) in [5.74, 6) is 0.924. The Bertz CT molecular complexity index is 1340. The number of carbonyl (C=O) groups excluding carboxylic acids is 2. The van der Waals surface area contributed by atoms with Crippen molar-refractivity contribution in [1.29, 1.82) is 0 Å². The van der Waals surface area contributed by atoms with Crippen molar-refractivity contribution in [1.82, 2.24) is 0 Å². The Morgan fingerprint density at radius 3 is 2.33 bits per heavy atom. The number of fused-ring (bicyclic) bond motifs is 1. The Balaban J connectivity index is 1.45. The van der Waals surface area contributed by atoms with Gasteiger partial charge in [-0.3, -0.25) is 9.59 Å². The van der Waals surface area contributed by atoms with Crippen LogP contribution < -0.4 is 15.0 Å². The van der Waals surface area contributed by atoms with E-state index in [0.29, 0.717) is 41.6 Å². The molecule has 36 heavy (non-hydrogen) atoms. The first kappa shape index (κ1) is 25.0. The molecule has 4 rings (SSSR count). The Morgan fingerprint density at radius 2 is 1.58 bits per heavy atom. The molecule has 0 fully saturated rings. The summed E-state index contributed by atoms with van der Waals surface area (Å²) >= 11 is 0. The second kappa shape index (κ2) is 11.5. The Labute approximate surface area is 212 Å². The van der Waals surface area contributed by atoms with Crippen molar-refractivity contribution in [2.24, 2.45) is 5.92 Å². The van der Waals surface area contributed by atoms with E-state index in [-0.39, 0.29) is 11.8 Å². The summed E-state index contributed by atoms with van der Waals surface area (Å²) in [7, 11) is 0. The average molecular weight is 481 g/mol. The van der Waals surface area contributed by atoms with Crippen molar-refractivity contribution < 1.29 is 14.3 Å². The predicted octanol–water partition coefficient (Wildman–Crippen LogP) is 7.18. The minimum absolute atomic E-state index is 0.0852. The summed E-state index contributed by atoms with van der Waals surface area (Å²) in [5, 5.41) is 5.03. The normalized spacial score (nSPS) is 10.9. The smallest absolute Gasteiger partial charge is 0.258 e. The lowest BCUT2D eigenvalue weighted by Gasteiger charge is -2.23. The maximum Gasteiger partial charge on any atom is 0.258 e. The Morgan fingerprint density at radius 1 is 0.861 bits per heavy atom. The molecule has 184 valence electrons. The van der Waals surface area contributed by atoms with Gasteiger partial charge in [-0.1, -0.05) is 56.3 Å². The molecule has 4 aromatic rings. The average Bonchev–Trinajstić information content (AvgIpc) is 2.89. The Hall–Kier alpha value is -4.12. The molecular formula is C31H32N2O3. The maximum atomic E-state index is 13.4. The first-order valence-corrected chi connectivity index (χ1v) is 12.4. The Kier molecular flexibility index (Phi) is 8.01. The lowest BCUT2D eigenvalue weighted by Crippen LogP contribution is -2.30. The molecule has 0 saturated heterocycles. The second-order valence-electron chi connectivity index (χ2n) is 9.14. The molecule has 5 nitrogen and oxygen atoms in total. The van der Waals surface area contributed by atoms with E-state index in [1.807, 2.05) is 61.5 Å². The van der Waals surface area contributed by atoms with Crippen LogP contribution >= 0.6 is 0 Å². The van der Waals surface area contributed by atoms with Gasteiger partial charge in [0.1, 0.15) is 5.75 Å². The molecule has 1 N–H and O–H groups in total. The number of nitrogens with zero attached hydrogens (tertiary/aromatic N) is 1. The van der Waals surface area contributed by atoms with Crippen LogP contribution in [0.15, 0.2) is 91.0 Å².